The first-order valence-corrected chi connectivity index (χ1v) is 41.8. The number of alkyl halides is 12. The summed E-state index contributed by atoms with van der Waals surface area (Å²) in [7, 11) is 0. The first kappa shape index (κ1) is 91.4. The molecule has 8 amide bonds. The minimum absolute atomic E-state index is 0.0424. The summed E-state index contributed by atoms with van der Waals surface area (Å²) in [5, 5.41) is 10.3. The van der Waals surface area contributed by atoms with E-state index in [9.17, 15) is 81.5 Å². The maximum absolute atomic E-state index is 13.7. The molecule has 0 saturated carbocycles. The molecule has 17 rings (SSSR count). The number of halogens is 12. The fraction of sp³-hybridized carbons (Fsp3) is 0.213. The molecule has 670 valence electrons. The molecule has 0 spiro atoms. The van der Waals surface area contributed by atoms with Gasteiger partial charge in [-0.05, 0) is 155 Å². The lowest BCUT2D eigenvalue weighted by Crippen LogP contribution is -2.45. The fourth-order valence-electron chi connectivity index (χ4n) is 13.6. The number of hydrogen-bond donors (Lipinski definition) is 5. The smallest absolute Gasteiger partial charge is 0.345 e. The topological polar surface area (TPSA) is 295 Å². The maximum Gasteiger partial charge on any atom is 0.405 e. The van der Waals surface area contributed by atoms with Crippen LogP contribution in [-0.2, 0) is 26.2 Å². The van der Waals surface area contributed by atoms with Gasteiger partial charge in [0.1, 0.15) is 31.2 Å². The lowest BCUT2D eigenvalue weighted by molar-refractivity contribution is -0.116. The molecule has 10 heterocycles. The third-order valence-corrected chi connectivity index (χ3v) is 22.0. The van der Waals surface area contributed by atoms with Crippen LogP contribution in [-0.4, -0.2) is 132 Å². The van der Waals surface area contributed by atoms with Crippen molar-refractivity contribution in [2.24, 2.45) is 0 Å². The summed E-state index contributed by atoms with van der Waals surface area (Å²) in [5.41, 5.74) is 10.7. The number of amides is 8. The van der Waals surface area contributed by atoms with Crippen LogP contribution in [0.2, 0.25) is 0 Å². The van der Waals surface area contributed by atoms with Gasteiger partial charge in [-0.3, -0.25) is 29.2 Å². The lowest BCUT2D eigenvalue weighted by Gasteiger charge is -2.36. The number of thiophene rings is 1. The number of rotatable bonds is 19. The average Bonchev–Trinajstić information content (AvgIpc) is 1.29. The van der Waals surface area contributed by atoms with Gasteiger partial charge in [-0.1, -0.05) is 95.9 Å². The Kier molecular flexibility index (Phi) is 27.0. The van der Waals surface area contributed by atoms with Gasteiger partial charge >= 0.3 is 48.8 Å². The molecular weight excluding hydrogens is 1750 g/mol. The molecule has 0 bridgehead atoms. The number of benzene rings is 7. The standard InChI is InChI=1S/C24H22F3N5O2.C23H18F3N5OS.C22H20F3N5OS.C20H17F3N6O2/c1-3-20(33)16-6-10-19(11-7-16)32-21-17(12-28-22(30-21)29-14-24(25,26)27)13-31(23(32)34)18-8-4-15(2)5-9-18;1-14-6-8-17(9-7-14)30-12-16-11-27-21(28-13-23(24,25)26)29-20(16)31(22(30)32)19-10-15-4-2-3-5-18(15)33-19;1-14-3-5-16(6-4-14)29-12-15-11-26-20(27-13-22(23,24)25)28-19(15)30(21(29)31)17-7-9-18(32-2)10-8-17;1-12-2-4-14(5-3-12)28-10-13-8-25-18(26-11-20(21,22)23)27-17(13)29(19(28)31)15-6-7-16(30)24-9-15/h4-12H,3,13-14H2,1-2H3,(H,28,29,30);2-11H,12-13H2,1H3,(H,27,28,29);3-11H,12-13H2,1-2H3,(H,26,27,28);2-9H,10-11H2,1H3,(H,24,30)(H,25,26,27). The second kappa shape index (κ2) is 38.4. The fourth-order valence-corrected chi connectivity index (χ4v) is 15.1. The van der Waals surface area contributed by atoms with E-state index in [1.807, 2.05) is 161 Å². The van der Waals surface area contributed by atoms with E-state index in [0.29, 0.717) is 79.1 Å². The number of fused-ring (bicyclic) bond motifs is 5. The average molecular weight is 1830 g/mol. The van der Waals surface area contributed by atoms with Crippen LogP contribution in [0.25, 0.3) is 10.1 Å². The van der Waals surface area contributed by atoms with Crippen molar-refractivity contribution in [2.45, 2.75) is 96.8 Å². The molecule has 7 aromatic carbocycles. The second-order valence-electron chi connectivity index (χ2n) is 29.8. The van der Waals surface area contributed by atoms with Crippen LogP contribution in [0, 0.1) is 27.7 Å². The van der Waals surface area contributed by atoms with Gasteiger partial charge in [0.25, 0.3) is 0 Å². The van der Waals surface area contributed by atoms with Gasteiger partial charge in [-0.25, -0.2) is 58.7 Å². The third-order valence-electron chi connectivity index (χ3n) is 20.1. The lowest BCUT2D eigenvalue weighted by atomic mass is 10.1. The predicted octanol–water partition coefficient (Wildman–Crippen LogP) is 21.4. The number of hydrogen-bond acceptors (Lipinski definition) is 20. The first-order valence-electron chi connectivity index (χ1n) is 39.7. The minimum Gasteiger partial charge on any atom is -0.345 e. The Morgan fingerprint density at radius 2 is 0.692 bits per heavy atom. The number of carbonyl (C=O) groups excluding carboxylic acids is 5. The maximum atomic E-state index is 13.7. The number of pyridine rings is 1. The molecule has 0 fully saturated rings. The van der Waals surface area contributed by atoms with Gasteiger partial charge < -0.3 is 26.3 Å². The molecule has 6 aromatic heterocycles. The van der Waals surface area contributed by atoms with E-state index in [2.05, 4.69) is 66.1 Å². The van der Waals surface area contributed by atoms with Crippen molar-refractivity contribution in [1.29, 1.82) is 0 Å². The number of aryl methyl sites for hydroxylation is 4. The SMILES string of the molecule is CCC(=O)c1ccc(N2C(=O)N(c3ccc(C)cc3)Cc3cnc(NCC(F)(F)F)nc32)cc1.CSc1ccc(N2C(=O)N(c3ccc(C)cc3)Cc3cnc(NCC(F)(F)F)nc32)cc1.Cc1ccc(N2Cc3cnc(NCC(F)(F)F)nc3N(c3cc4ccccc4s3)C2=O)cc1.Cc1ccc(N2Cc3cnc(NCC(F)(F)F)nc3N(c3ccc(=O)[nH]c3)C2=O)cc1. The highest BCUT2D eigenvalue weighted by atomic mass is 32.2. The molecule has 13 aromatic rings. The van der Waals surface area contributed by atoms with Crippen LogP contribution in [0.3, 0.4) is 0 Å². The monoisotopic (exact) mass is 1830 g/mol. The van der Waals surface area contributed by atoms with Crippen molar-refractivity contribution in [3.8, 4) is 0 Å². The Hall–Kier alpha value is -14.8. The van der Waals surface area contributed by atoms with Gasteiger partial charge in [0, 0.05) is 104 Å². The molecule has 0 radical (unpaired) electrons. The molecule has 4 aliphatic heterocycles. The van der Waals surface area contributed by atoms with E-state index in [1.165, 1.54) is 79.0 Å². The number of thioether (sulfide) groups is 1. The Morgan fingerprint density at radius 1 is 0.392 bits per heavy atom. The molecule has 4 aliphatic rings. The number of nitrogens with one attached hydrogen (secondary N) is 5. The quantitative estimate of drug-likeness (QED) is 0.0285. The highest BCUT2D eigenvalue weighted by Gasteiger charge is 2.41. The predicted molar refractivity (Wildman–Crippen MR) is 474 cm³/mol. The Bertz CT molecular complexity index is 6320. The summed E-state index contributed by atoms with van der Waals surface area (Å²) in [4.78, 5) is 126. The minimum atomic E-state index is -4.45. The number of urea groups is 4. The third kappa shape index (κ3) is 22.1. The zero-order chi connectivity index (χ0) is 92.7. The molecule has 27 nitrogen and oxygen atoms in total. The van der Waals surface area contributed by atoms with Gasteiger partial charge in [0.15, 0.2) is 29.1 Å². The molecule has 5 N–H and O–H groups in total. The Balaban J connectivity index is 0.000000140. The highest BCUT2D eigenvalue weighted by Crippen LogP contribution is 2.45. The van der Waals surface area contributed by atoms with Crippen LogP contribution in [0.5, 0.6) is 0 Å². The van der Waals surface area contributed by atoms with Gasteiger partial charge in [0.05, 0.1) is 43.2 Å². The number of anilines is 16. The summed E-state index contributed by atoms with van der Waals surface area (Å²) in [6, 6.07) is 54.3. The molecule has 0 atom stereocenters. The Labute approximate surface area is 741 Å². The van der Waals surface area contributed by atoms with Crippen LogP contribution in [0.15, 0.2) is 229 Å². The van der Waals surface area contributed by atoms with Crippen molar-refractivity contribution in [2.75, 3.05) is 92.9 Å². The number of aromatic amines is 1. The van der Waals surface area contributed by atoms with Crippen molar-refractivity contribution < 1.29 is 76.7 Å². The number of Topliss-reactive ketones (excluding diaryl/α,β-unsaturated/α-hetero) is 1. The number of nitrogens with zero attached hydrogens (tertiary/aromatic N) is 16. The number of carbonyl (C=O) groups is 5. The van der Waals surface area contributed by atoms with Gasteiger partial charge in [0.2, 0.25) is 29.4 Å². The van der Waals surface area contributed by atoms with Crippen LogP contribution >= 0.6 is 23.1 Å². The van der Waals surface area contributed by atoms with Gasteiger partial charge in [-0.15, -0.1) is 23.1 Å². The van der Waals surface area contributed by atoms with Crippen molar-refractivity contribution >= 4 is 155 Å². The van der Waals surface area contributed by atoms with Crippen LogP contribution in [0.4, 0.5) is 164 Å². The largest absolute Gasteiger partial charge is 0.405 e. The Morgan fingerprint density at radius 3 is 1.00 bits per heavy atom. The van der Waals surface area contributed by atoms with Crippen LogP contribution < -0.4 is 66.0 Å². The van der Waals surface area contributed by atoms with Crippen LogP contribution in [0.1, 0.15) is 68.2 Å². The van der Waals surface area contributed by atoms with E-state index in [-0.39, 0.29) is 96.6 Å². The van der Waals surface area contributed by atoms with E-state index in [4.69, 9.17) is 0 Å². The first-order chi connectivity index (χ1) is 61.9. The van der Waals surface area contributed by atoms with E-state index in [1.54, 1.807) is 81.9 Å². The number of ketones is 1. The summed E-state index contributed by atoms with van der Waals surface area (Å²) < 4.78 is 153. The molecule has 0 unspecified atom stereocenters. The van der Waals surface area contributed by atoms with E-state index >= 15 is 0 Å². The van der Waals surface area contributed by atoms with Crippen molar-refractivity contribution in [3.05, 3.63) is 279 Å². The zero-order valence-corrected chi connectivity index (χ0v) is 71.2. The van der Waals surface area contributed by atoms with Gasteiger partial charge in [-0.2, -0.15) is 72.6 Å². The molecule has 130 heavy (non-hydrogen) atoms. The zero-order valence-electron chi connectivity index (χ0n) is 69.6. The second-order valence-corrected chi connectivity index (χ2v) is 31.7. The molecular formula is C89H77F12N21O6S2. The molecule has 0 aliphatic carbocycles. The molecule has 41 heteroatoms. The highest BCUT2D eigenvalue weighted by molar-refractivity contribution is 7.98. The molecule has 0 saturated heterocycles. The van der Waals surface area contributed by atoms with Crippen molar-refractivity contribution in [1.82, 2.24) is 44.9 Å². The summed E-state index contributed by atoms with van der Waals surface area (Å²) >= 11 is 2.98. The number of H-pyrrole nitrogens is 1. The summed E-state index contributed by atoms with van der Waals surface area (Å²) in [6.07, 6.45) is -8.37. The van der Waals surface area contributed by atoms with E-state index in [0.717, 1.165) is 37.2 Å². The summed E-state index contributed by atoms with van der Waals surface area (Å²) in [5.74, 6) is -0.0684. The van der Waals surface area contributed by atoms with E-state index < -0.39 is 62.9 Å². The summed E-state index contributed by atoms with van der Waals surface area (Å²) in [6.45, 7) is 5.09. The number of aromatic nitrogens is 9. The van der Waals surface area contributed by atoms with Crippen molar-refractivity contribution in [3.63, 3.8) is 0 Å². The normalized spacial score (nSPS) is 13.8.